The zero-order valence-corrected chi connectivity index (χ0v) is 12.9. The van der Waals surface area contributed by atoms with Crippen molar-refractivity contribution < 1.29 is 9.59 Å². The Kier molecular flexibility index (Phi) is 3.94. The summed E-state index contributed by atoms with van der Waals surface area (Å²) in [5.74, 6) is -0.0871. The molecule has 0 saturated carbocycles. The van der Waals surface area contributed by atoms with Gasteiger partial charge in [-0.3, -0.25) is 9.59 Å². The molecule has 0 unspecified atom stereocenters. The average Bonchev–Trinajstić information content (AvgIpc) is 2.72. The van der Waals surface area contributed by atoms with Crippen molar-refractivity contribution in [2.75, 3.05) is 20.6 Å². The second-order valence-corrected chi connectivity index (χ2v) is 5.75. The lowest BCUT2D eigenvalue weighted by atomic mass is 10.1. The van der Waals surface area contributed by atoms with E-state index in [0.29, 0.717) is 18.5 Å². The van der Waals surface area contributed by atoms with E-state index < -0.39 is 0 Å². The highest BCUT2D eigenvalue weighted by molar-refractivity contribution is 9.10. The molecule has 2 amide bonds. The van der Waals surface area contributed by atoms with Gasteiger partial charge in [-0.25, -0.2) is 0 Å². The number of halogens is 1. The molecular weight excluding hydrogens is 308 g/mol. The maximum atomic E-state index is 12.5. The van der Waals surface area contributed by atoms with E-state index in [1.54, 1.807) is 30.0 Å². The van der Waals surface area contributed by atoms with Crippen molar-refractivity contribution in [2.24, 2.45) is 0 Å². The highest BCUT2D eigenvalue weighted by Crippen LogP contribution is 2.23. The van der Waals surface area contributed by atoms with Crippen LogP contribution in [0.1, 0.15) is 22.3 Å². The summed E-state index contributed by atoms with van der Waals surface area (Å²) in [7, 11) is 3.47. The van der Waals surface area contributed by atoms with Crippen molar-refractivity contribution in [3.63, 3.8) is 0 Å². The third kappa shape index (κ3) is 2.52. The van der Waals surface area contributed by atoms with Crippen LogP contribution in [0.4, 0.5) is 0 Å². The Labute approximate surface area is 121 Å². The van der Waals surface area contributed by atoms with Crippen LogP contribution in [-0.2, 0) is 4.79 Å². The molecule has 5 heteroatoms. The lowest BCUT2D eigenvalue weighted by Crippen LogP contribution is -2.42. The van der Waals surface area contributed by atoms with Crippen molar-refractivity contribution in [1.29, 1.82) is 0 Å². The standard InChI is InChI=1S/C14H17BrN2O2/c1-9-10(5-4-6-11(9)15)13(18)17(3)12-7-8-16(2)14(12)19/h4-6,12H,7-8H2,1-3H3/t12-/m0/s1. The predicted molar refractivity (Wildman–Crippen MR) is 77.0 cm³/mol. The molecule has 1 heterocycles. The molecule has 0 radical (unpaired) electrons. The zero-order chi connectivity index (χ0) is 14.2. The van der Waals surface area contributed by atoms with Gasteiger partial charge in [-0.15, -0.1) is 0 Å². The summed E-state index contributed by atoms with van der Waals surface area (Å²) in [6.07, 6.45) is 0.699. The zero-order valence-electron chi connectivity index (χ0n) is 11.3. The molecule has 1 aromatic rings. The molecule has 0 aromatic heterocycles. The van der Waals surface area contributed by atoms with Crippen LogP contribution in [0.3, 0.4) is 0 Å². The summed E-state index contributed by atoms with van der Waals surface area (Å²) in [5.41, 5.74) is 1.54. The van der Waals surface area contributed by atoms with Gasteiger partial charge < -0.3 is 9.80 Å². The van der Waals surface area contributed by atoms with Crippen LogP contribution in [0.5, 0.6) is 0 Å². The molecule has 1 aromatic carbocycles. The molecule has 1 fully saturated rings. The first kappa shape index (κ1) is 14.1. The number of hydrogen-bond donors (Lipinski definition) is 0. The van der Waals surface area contributed by atoms with Gasteiger partial charge in [0.2, 0.25) is 5.91 Å². The van der Waals surface area contributed by atoms with Crippen LogP contribution in [0.2, 0.25) is 0 Å². The summed E-state index contributed by atoms with van der Waals surface area (Å²) in [5, 5.41) is 0. The number of amides is 2. The quantitative estimate of drug-likeness (QED) is 0.835. The Bertz CT molecular complexity index is 530. The molecule has 1 aliphatic rings. The van der Waals surface area contributed by atoms with Crippen LogP contribution >= 0.6 is 15.9 Å². The van der Waals surface area contributed by atoms with Crippen molar-refractivity contribution in [3.8, 4) is 0 Å². The minimum Gasteiger partial charge on any atom is -0.344 e. The van der Waals surface area contributed by atoms with Crippen LogP contribution in [0.15, 0.2) is 22.7 Å². The Morgan fingerprint density at radius 1 is 1.47 bits per heavy atom. The summed E-state index contributed by atoms with van der Waals surface area (Å²) in [6, 6.07) is 5.19. The van der Waals surface area contributed by atoms with E-state index in [4.69, 9.17) is 0 Å². The summed E-state index contributed by atoms with van der Waals surface area (Å²) in [6.45, 7) is 2.60. The number of carbonyl (C=O) groups excluding carboxylic acids is 2. The summed E-state index contributed by atoms with van der Waals surface area (Å²) < 4.78 is 0.904. The van der Waals surface area contributed by atoms with Gasteiger partial charge in [0.15, 0.2) is 0 Å². The van der Waals surface area contributed by atoms with Gasteiger partial charge in [-0.2, -0.15) is 0 Å². The van der Waals surface area contributed by atoms with Gasteiger partial charge >= 0.3 is 0 Å². The lowest BCUT2D eigenvalue weighted by Gasteiger charge is -2.24. The SMILES string of the molecule is Cc1c(Br)cccc1C(=O)N(C)[C@H]1CCN(C)C1=O. The highest BCUT2D eigenvalue weighted by Gasteiger charge is 2.35. The second-order valence-electron chi connectivity index (χ2n) is 4.89. The predicted octanol–water partition coefficient (Wildman–Crippen LogP) is 2.06. The van der Waals surface area contributed by atoms with E-state index >= 15 is 0 Å². The van der Waals surface area contributed by atoms with Gasteiger partial charge in [0.25, 0.3) is 5.91 Å². The molecule has 0 spiro atoms. The third-order valence-electron chi connectivity index (χ3n) is 3.69. The minimum absolute atomic E-state index is 0.0171. The van der Waals surface area contributed by atoms with Crippen molar-refractivity contribution in [2.45, 2.75) is 19.4 Å². The van der Waals surface area contributed by atoms with Gasteiger partial charge in [-0.1, -0.05) is 22.0 Å². The number of hydrogen-bond acceptors (Lipinski definition) is 2. The average molecular weight is 325 g/mol. The molecule has 0 N–H and O–H groups in total. The molecule has 19 heavy (non-hydrogen) atoms. The van der Waals surface area contributed by atoms with Crippen molar-refractivity contribution >= 4 is 27.7 Å². The fourth-order valence-corrected chi connectivity index (χ4v) is 2.70. The molecule has 1 saturated heterocycles. The van der Waals surface area contributed by atoms with Gasteiger partial charge in [0.05, 0.1) is 0 Å². The van der Waals surface area contributed by atoms with Gasteiger partial charge in [0.1, 0.15) is 6.04 Å². The Morgan fingerprint density at radius 3 is 2.74 bits per heavy atom. The highest BCUT2D eigenvalue weighted by atomic mass is 79.9. The number of benzene rings is 1. The Balaban J connectivity index is 2.25. The Hall–Kier alpha value is -1.36. The van der Waals surface area contributed by atoms with E-state index in [9.17, 15) is 9.59 Å². The molecule has 0 aliphatic carbocycles. The van der Waals surface area contributed by atoms with Crippen LogP contribution in [0.25, 0.3) is 0 Å². The van der Waals surface area contributed by atoms with E-state index in [1.807, 2.05) is 19.1 Å². The van der Waals surface area contributed by atoms with Crippen LogP contribution in [0, 0.1) is 6.92 Å². The molecular formula is C14H17BrN2O2. The van der Waals surface area contributed by atoms with Gasteiger partial charge in [-0.05, 0) is 31.0 Å². The first-order chi connectivity index (χ1) is 8.93. The van der Waals surface area contributed by atoms with E-state index in [0.717, 1.165) is 10.0 Å². The minimum atomic E-state index is -0.337. The largest absolute Gasteiger partial charge is 0.344 e. The maximum Gasteiger partial charge on any atom is 0.254 e. The third-order valence-corrected chi connectivity index (χ3v) is 4.54. The number of nitrogens with zero attached hydrogens (tertiary/aromatic N) is 2. The molecule has 1 atom stereocenters. The normalized spacial score (nSPS) is 18.8. The molecule has 2 rings (SSSR count). The Morgan fingerprint density at radius 2 is 2.16 bits per heavy atom. The van der Waals surface area contributed by atoms with Crippen molar-refractivity contribution in [1.82, 2.24) is 9.80 Å². The molecule has 102 valence electrons. The van der Waals surface area contributed by atoms with Crippen LogP contribution < -0.4 is 0 Å². The summed E-state index contributed by atoms with van der Waals surface area (Å²) in [4.78, 5) is 27.7. The van der Waals surface area contributed by atoms with E-state index in [1.165, 1.54) is 0 Å². The number of carbonyl (C=O) groups is 2. The van der Waals surface area contributed by atoms with E-state index in [2.05, 4.69) is 15.9 Å². The fraction of sp³-hybridized carbons (Fsp3) is 0.429. The topological polar surface area (TPSA) is 40.6 Å². The number of likely N-dealkylation sites (N-methyl/N-ethyl adjacent to an activating group) is 2. The fourth-order valence-electron chi connectivity index (χ4n) is 2.33. The smallest absolute Gasteiger partial charge is 0.254 e. The first-order valence-electron chi connectivity index (χ1n) is 6.20. The summed E-state index contributed by atoms with van der Waals surface area (Å²) >= 11 is 3.42. The van der Waals surface area contributed by atoms with Crippen LogP contribution in [-0.4, -0.2) is 48.3 Å². The van der Waals surface area contributed by atoms with E-state index in [-0.39, 0.29) is 17.9 Å². The molecule has 1 aliphatic heterocycles. The number of likely N-dealkylation sites (tertiary alicyclic amines) is 1. The molecule has 0 bridgehead atoms. The molecule has 4 nitrogen and oxygen atoms in total. The lowest BCUT2D eigenvalue weighted by molar-refractivity contribution is -0.130. The number of rotatable bonds is 2. The van der Waals surface area contributed by atoms with Gasteiger partial charge in [0, 0.05) is 30.7 Å². The second kappa shape index (κ2) is 5.33. The monoisotopic (exact) mass is 324 g/mol. The maximum absolute atomic E-state index is 12.5. The van der Waals surface area contributed by atoms with Crippen molar-refractivity contribution in [3.05, 3.63) is 33.8 Å². The first-order valence-corrected chi connectivity index (χ1v) is 7.00.